The zero-order valence-corrected chi connectivity index (χ0v) is 12.5. The number of thiocarbonyl (C=S) groups is 1. The number of hydrogen-bond acceptors (Lipinski definition) is 3. The number of nitrogens with one attached hydrogen (secondary N) is 2. The second-order valence-electron chi connectivity index (χ2n) is 4.44. The minimum atomic E-state index is -0.300. The summed E-state index contributed by atoms with van der Waals surface area (Å²) in [5.41, 5.74) is 3.63. The third-order valence-electron chi connectivity index (χ3n) is 2.46. The van der Waals surface area contributed by atoms with E-state index in [0.717, 1.165) is 15.9 Å². The van der Waals surface area contributed by atoms with Crippen LogP contribution in [0.4, 0.5) is 0 Å². The molecule has 0 aromatic heterocycles. The molecule has 6 heteroatoms. The first kappa shape index (κ1) is 13.2. The first-order valence-corrected chi connectivity index (χ1v) is 6.63. The smallest absolute Gasteiger partial charge is 0.195 e. The fourth-order valence-electron chi connectivity index (χ4n) is 1.52. The molecule has 4 nitrogen and oxygen atoms in total. The molecule has 0 bridgehead atoms. The molecule has 0 atom stereocenters. The van der Waals surface area contributed by atoms with Crippen molar-refractivity contribution in [3.8, 4) is 0 Å². The summed E-state index contributed by atoms with van der Waals surface area (Å²) in [7, 11) is 0. The van der Waals surface area contributed by atoms with E-state index in [-0.39, 0.29) is 5.54 Å². The average Bonchev–Trinajstić information content (AvgIpc) is 2.52. The topological polar surface area (TPSA) is 48.8 Å². The van der Waals surface area contributed by atoms with Crippen molar-refractivity contribution < 1.29 is 0 Å². The highest BCUT2D eigenvalue weighted by atomic mass is 79.9. The summed E-state index contributed by atoms with van der Waals surface area (Å²) in [6.07, 6.45) is 1.74. The van der Waals surface area contributed by atoms with Gasteiger partial charge in [-0.2, -0.15) is 5.10 Å². The summed E-state index contributed by atoms with van der Waals surface area (Å²) in [5, 5.41) is 7.74. The highest BCUT2D eigenvalue weighted by molar-refractivity contribution is 9.10. The molecule has 0 fully saturated rings. The van der Waals surface area contributed by atoms with Crippen molar-refractivity contribution >= 4 is 45.3 Å². The molecular weight excluding hydrogens is 312 g/mol. The van der Waals surface area contributed by atoms with Crippen molar-refractivity contribution in [2.75, 3.05) is 0 Å². The molecule has 94 valence electrons. The number of nitrogens with zero attached hydrogens (tertiary/aromatic N) is 2. The summed E-state index contributed by atoms with van der Waals surface area (Å²) in [5.74, 6) is 0.721. The molecule has 18 heavy (non-hydrogen) atoms. The lowest BCUT2D eigenvalue weighted by Gasteiger charge is -2.19. The van der Waals surface area contributed by atoms with Crippen molar-refractivity contribution in [3.63, 3.8) is 0 Å². The predicted molar refractivity (Wildman–Crippen MR) is 82.1 cm³/mol. The Morgan fingerprint density at radius 2 is 2.28 bits per heavy atom. The van der Waals surface area contributed by atoms with E-state index < -0.39 is 0 Å². The van der Waals surface area contributed by atoms with Crippen molar-refractivity contribution in [2.24, 2.45) is 10.1 Å². The number of hydrazone groups is 1. The Morgan fingerprint density at radius 1 is 1.50 bits per heavy atom. The maximum absolute atomic E-state index is 5.01. The Bertz CT molecular complexity index is 537. The van der Waals surface area contributed by atoms with Crippen molar-refractivity contribution in [1.82, 2.24) is 10.7 Å². The molecule has 0 spiro atoms. The van der Waals surface area contributed by atoms with Gasteiger partial charge in [0.2, 0.25) is 0 Å². The molecule has 1 aromatic carbocycles. The fraction of sp³-hybridized carbons (Fsp3) is 0.250. The maximum Gasteiger partial charge on any atom is 0.195 e. The highest BCUT2D eigenvalue weighted by Crippen LogP contribution is 2.12. The summed E-state index contributed by atoms with van der Waals surface area (Å²) >= 11 is 8.42. The molecule has 0 aliphatic carbocycles. The number of hydrogen-bond donors (Lipinski definition) is 2. The molecular formula is C12H13BrN4S. The SMILES string of the molecule is CC1(C)NC(=S)N=C1N/N=C/c1cccc(Br)c1. The van der Waals surface area contributed by atoms with Crippen LogP contribution in [0.15, 0.2) is 38.8 Å². The van der Waals surface area contributed by atoms with Gasteiger partial charge in [-0.25, -0.2) is 4.99 Å². The molecule has 0 saturated heterocycles. The second kappa shape index (κ2) is 5.16. The van der Waals surface area contributed by atoms with E-state index in [4.69, 9.17) is 12.2 Å². The second-order valence-corrected chi connectivity index (χ2v) is 5.74. The molecule has 0 unspecified atom stereocenters. The Labute approximate surface area is 120 Å². The first-order valence-electron chi connectivity index (χ1n) is 5.43. The van der Waals surface area contributed by atoms with Gasteiger partial charge in [0.15, 0.2) is 10.9 Å². The van der Waals surface area contributed by atoms with Crippen molar-refractivity contribution in [1.29, 1.82) is 0 Å². The van der Waals surface area contributed by atoms with Crippen LogP contribution in [-0.4, -0.2) is 22.7 Å². The molecule has 1 aliphatic rings. The van der Waals surface area contributed by atoms with E-state index in [1.165, 1.54) is 0 Å². The minimum absolute atomic E-state index is 0.300. The van der Waals surface area contributed by atoms with Crippen LogP contribution in [0.25, 0.3) is 0 Å². The van der Waals surface area contributed by atoms with Gasteiger partial charge in [0, 0.05) is 4.47 Å². The Hall–Kier alpha value is -1.27. The molecule has 2 rings (SSSR count). The third-order valence-corrected chi connectivity index (χ3v) is 3.14. The van der Waals surface area contributed by atoms with Gasteiger partial charge in [-0.15, -0.1) is 0 Å². The van der Waals surface area contributed by atoms with Crippen LogP contribution >= 0.6 is 28.1 Å². The molecule has 0 amide bonds. The van der Waals surface area contributed by atoms with Gasteiger partial charge in [-0.3, -0.25) is 5.43 Å². The molecule has 1 aromatic rings. The highest BCUT2D eigenvalue weighted by Gasteiger charge is 2.31. The van der Waals surface area contributed by atoms with E-state index in [9.17, 15) is 0 Å². The summed E-state index contributed by atoms with van der Waals surface area (Å²) in [6, 6.07) is 7.88. The van der Waals surface area contributed by atoms with E-state index in [0.29, 0.717) is 5.11 Å². The Kier molecular flexibility index (Phi) is 3.77. The average molecular weight is 325 g/mol. The number of amidine groups is 1. The van der Waals surface area contributed by atoms with Crippen LogP contribution in [0.5, 0.6) is 0 Å². The number of halogens is 1. The van der Waals surface area contributed by atoms with Crippen LogP contribution in [0.1, 0.15) is 19.4 Å². The number of benzene rings is 1. The van der Waals surface area contributed by atoms with Crippen molar-refractivity contribution in [2.45, 2.75) is 19.4 Å². The van der Waals surface area contributed by atoms with Gasteiger partial charge in [-0.1, -0.05) is 28.1 Å². The largest absolute Gasteiger partial charge is 0.349 e. The predicted octanol–water partition coefficient (Wildman–Crippen LogP) is 2.44. The number of aliphatic imine (C=N–C) groups is 1. The quantitative estimate of drug-likeness (QED) is 0.499. The van der Waals surface area contributed by atoms with E-state index in [2.05, 4.69) is 36.8 Å². The lowest BCUT2D eigenvalue weighted by molar-refractivity contribution is 0.618. The Balaban J connectivity index is 2.04. The maximum atomic E-state index is 5.01. The van der Waals surface area contributed by atoms with Crippen LogP contribution in [0.2, 0.25) is 0 Å². The first-order chi connectivity index (χ1) is 8.47. The van der Waals surface area contributed by atoms with Gasteiger partial charge in [0.05, 0.1) is 11.8 Å². The van der Waals surface area contributed by atoms with Gasteiger partial charge in [0.25, 0.3) is 0 Å². The normalized spacial score (nSPS) is 17.7. The van der Waals surface area contributed by atoms with Crippen LogP contribution < -0.4 is 10.7 Å². The summed E-state index contributed by atoms with van der Waals surface area (Å²) < 4.78 is 1.02. The fourth-order valence-corrected chi connectivity index (χ4v) is 2.28. The van der Waals surface area contributed by atoms with Crippen molar-refractivity contribution in [3.05, 3.63) is 34.3 Å². The Morgan fingerprint density at radius 3 is 2.89 bits per heavy atom. The molecule has 0 radical (unpaired) electrons. The van der Waals surface area contributed by atoms with Crippen LogP contribution in [0.3, 0.4) is 0 Å². The van der Waals surface area contributed by atoms with Gasteiger partial charge >= 0.3 is 0 Å². The summed E-state index contributed by atoms with van der Waals surface area (Å²) in [6.45, 7) is 3.99. The van der Waals surface area contributed by atoms with Gasteiger partial charge < -0.3 is 5.32 Å². The van der Waals surface area contributed by atoms with E-state index in [1.807, 2.05) is 38.1 Å². The van der Waals surface area contributed by atoms with E-state index >= 15 is 0 Å². The molecule has 1 heterocycles. The summed E-state index contributed by atoms with van der Waals surface area (Å²) in [4.78, 5) is 4.19. The third kappa shape index (κ3) is 3.14. The molecule has 1 aliphatic heterocycles. The molecule has 0 saturated carbocycles. The van der Waals surface area contributed by atoms with Gasteiger partial charge in [-0.05, 0) is 43.8 Å². The standard InChI is InChI=1S/C12H13BrN4S/c1-12(2)10(15-11(18)16-12)17-14-7-8-4-3-5-9(13)6-8/h3-7H,1-2H3,(H2,15,16,17,18)/b14-7+. The monoisotopic (exact) mass is 324 g/mol. The number of rotatable bonds is 2. The van der Waals surface area contributed by atoms with Crippen LogP contribution in [0, 0.1) is 0 Å². The minimum Gasteiger partial charge on any atom is -0.349 e. The van der Waals surface area contributed by atoms with Gasteiger partial charge in [0.1, 0.15) is 0 Å². The zero-order valence-electron chi connectivity index (χ0n) is 10.1. The van der Waals surface area contributed by atoms with E-state index in [1.54, 1.807) is 6.21 Å². The zero-order chi connectivity index (χ0) is 13.2. The van der Waals surface area contributed by atoms with Crippen LogP contribution in [-0.2, 0) is 0 Å². The lowest BCUT2D eigenvalue weighted by atomic mass is 10.1. The lowest BCUT2D eigenvalue weighted by Crippen LogP contribution is -2.46. The molecule has 2 N–H and O–H groups in total.